The molecule has 1 aliphatic rings. The van der Waals surface area contributed by atoms with Gasteiger partial charge >= 0.3 is 5.97 Å². The van der Waals surface area contributed by atoms with E-state index in [1.54, 1.807) is 6.20 Å². The third-order valence-corrected chi connectivity index (χ3v) is 3.78. The van der Waals surface area contributed by atoms with Gasteiger partial charge in [0.1, 0.15) is 0 Å². The molecule has 1 N–H and O–H groups in total. The third-order valence-electron chi connectivity index (χ3n) is 3.78. The summed E-state index contributed by atoms with van der Waals surface area (Å²) in [6.45, 7) is 3.18. The van der Waals surface area contributed by atoms with E-state index in [1.165, 1.54) is 0 Å². The summed E-state index contributed by atoms with van der Waals surface area (Å²) in [6, 6.07) is 7.90. The van der Waals surface area contributed by atoms with Crippen molar-refractivity contribution in [1.82, 2.24) is 10.2 Å². The second-order valence-electron chi connectivity index (χ2n) is 5.08. The van der Waals surface area contributed by atoms with Gasteiger partial charge in [0.25, 0.3) is 0 Å². The number of aromatic nitrogens is 2. The highest BCUT2D eigenvalue weighted by Gasteiger charge is 2.35. The van der Waals surface area contributed by atoms with Gasteiger partial charge in [0.05, 0.1) is 12.1 Å². The van der Waals surface area contributed by atoms with Crippen LogP contribution in [-0.4, -0.2) is 34.4 Å². The highest BCUT2D eigenvalue weighted by Crippen LogP contribution is 2.30. The first-order valence-electron chi connectivity index (χ1n) is 6.35. The van der Waals surface area contributed by atoms with E-state index in [4.69, 9.17) is 0 Å². The molecule has 2 atom stereocenters. The molecule has 1 aliphatic heterocycles. The fourth-order valence-corrected chi connectivity index (χ4v) is 2.71. The Morgan fingerprint density at radius 3 is 2.89 bits per heavy atom. The summed E-state index contributed by atoms with van der Waals surface area (Å²) in [4.78, 5) is 13.2. The zero-order chi connectivity index (χ0) is 13.4. The van der Waals surface area contributed by atoms with Gasteiger partial charge in [-0.2, -0.15) is 5.10 Å². The molecule has 3 rings (SSSR count). The molecule has 1 aromatic heterocycles. The molecule has 1 saturated heterocycles. The SMILES string of the molecule is CC1CN(c2nncc3ccccc23)CC1C(=O)O. The number of carbonyl (C=O) groups is 1. The molecule has 0 saturated carbocycles. The van der Waals surface area contributed by atoms with E-state index in [-0.39, 0.29) is 11.8 Å². The van der Waals surface area contributed by atoms with Crippen LogP contribution < -0.4 is 4.90 Å². The number of fused-ring (bicyclic) bond motifs is 1. The van der Waals surface area contributed by atoms with Crippen LogP contribution in [0.15, 0.2) is 30.5 Å². The number of carboxylic acid groups (broad SMARTS) is 1. The lowest BCUT2D eigenvalue weighted by Crippen LogP contribution is -2.24. The fraction of sp³-hybridized carbons (Fsp3) is 0.357. The van der Waals surface area contributed by atoms with E-state index < -0.39 is 5.97 Å². The second-order valence-corrected chi connectivity index (χ2v) is 5.08. The molecule has 5 nitrogen and oxygen atoms in total. The zero-order valence-corrected chi connectivity index (χ0v) is 10.7. The Morgan fingerprint density at radius 1 is 1.37 bits per heavy atom. The van der Waals surface area contributed by atoms with Gasteiger partial charge in [-0.15, -0.1) is 5.10 Å². The molecule has 2 unspecified atom stereocenters. The molecule has 98 valence electrons. The number of hydrogen-bond acceptors (Lipinski definition) is 4. The lowest BCUT2D eigenvalue weighted by atomic mass is 9.99. The highest BCUT2D eigenvalue weighted by atomic mass is 16.4. The lowest BCUT2D eigenvalue weighted by Gasteiger charge is -2.17. The van der Waals surface area contributed by atoms with Crippen LogP contribution in [0.4, 0.5) is 5.82 Å². The minimum Gasteiger partial charge on any atom is -0.481 e. The number of anilines is 1. The van der Waals surface area contributed by atoms with Crippen LogP contribution in [0.25, 0.3) is 10.8 Å². The Labute approximate surface area is 110 Å². The fourth-order valence-electron chi connectivity index (χ4n) is 2.71. The van der Waals surface area contributed by atoms with E-state index in [0.717, 1.165) is 16.6 Å². The molecule has 0 amide bonds. The van der Waals surface area contributed by atoms with Crippen molar-refractivity contribution >= 4 is 22.6 Å². The normalized spacial score (nSPS) is 22.9. The van der Waals surface area contributed by atoms with Gasteiger partial charge in [-0.1, -0.05) is 31.2 Å². The quantitative estimate of drug-likeness (QED) is 0.888. The molecule has 2 heterocycles. The Kier molecular flexibility index (Phi) is 2.81. The Morgan fingerprint density at radius 2 is 2.16 bits per heavy atom. The summed E-state index contributed by atoms with van der Waals surface area (Å²) in [5.41, 5.74) is 0. The van der Waals surface area contributed by atoms with E-state index in [1.807, 2.05) is 36.1 Å². The number of carboxylic acids is 1. The number of hydrogen-bond donors (Lipinski definition) is 1. The van der Waals surface area contributed by atoms with Gasteiger partial charge in [0.2, 0.25) is 0 Å². The van der Waals surface area contributed by atoms with E-state index >= 15 is 0 Å². The monoisotopic (exact) mass is 257 g/mol. The standard InChI is InChI=1S/C14H15N3O2/c1-9-7-17(8-12(9)14(18)19)13-11-5-3-2-4-10(11)6-15-16-13/h2-6,9,12H,7-8H2,1H3,(H,18,19). The van der Waals surface area contributed by atoms with E-state index in [0.29, 0.717) is 13.1 Å². The van der Waals surface area contributed by atoms with Crippen molar-refractivity contribution in [3.8, 4) is 0 Å². The Balaban J connectivity index is 2.00. The minimum absolute atomic E-state index is 0.123. The smallest absolute Gasteiger partial charge is 0.308 e. The van der Waals surface area contributed by atoms with Crippen LogP contribution >= 0.6 is 0 Å². The topological polar surface area (TPSA) is 66.3 Å². The number of nitrogens with zero attached hydrogens (tertiary/aromatic N) is 3. The van der Waals surface area contributed by atoms with Crippen LogP contribution in [0.3, 0.4) is 0 Å². The maximum Gasteiger partial charge on any atom is 0.308 e. The molecule has 2 aromatic rings. The molecule has 0 aliphatic carbocycles. The number of benzene rings is 1. The maximum absolute atomic E-state index is 11.2. The summed E-state index contributed by atoms with van der Waals surface area (Å²) in [6.07, 6.45) is 1.73. The molecule has 1 fully saturated rings. The van der Waals surface area contributed by atoms with Crippen LogP contribution in [0, 0.1) is 11.8 Å². The highest BCUT2D eigenvalue weighted by molar-refractivity contribution is 5.91. The van der Waals surface area contributed by atoms with Crippen molar-refractivity contribution in [2.45, 2.75) is 6.92 Å². The van der Waals surface area contributed by atoms with Gasteiger partial charge in [-0.05, 0) is 5.92 Å². The van der Waals surface area contributed by atoms with Gasteiger partial charge in [0, 0.05) is 23.9 Å². The van der Waals surface area contributed by atoms with Crippen molar-refractivity contribution in [2.75, 3.05) is 18.0 Å². The number of rotatable bonds is 2. The van der Waals surface area contributed by atoms with Gasteiger partial charge in [0.15, 0.2) is 5.82 Å². The minimum atomic E-state index is -0.733. The molecule has 5 heteroatoms. The predicted molar refractivity (Wildman–Crippen MR) is 72.0 cm³/mol. The van der Waals surface area contributed by atoms with Crippen LogP contribution in [0.2, 0.25) is 0 Å². The first-order chi connectivity index (χ1) is 9.16. The van der Waals surface area contributed by atoms with Crippen molar-refractivity contribution < 1.29 is 9.90 Å². The summed E-state index contributed by atoms with van der Waals surface area (Å²) >= 11 is 0. The Bertz CT molecular complexity index is 624. The number of aliphatic carboxylic acids is 1. The van der Waals surface area contributed by atoms with Crippen molar-refractivity contribution in [1.29, 1.82) is 0 Å². The molecule has 0 spiro atoms. The molecular weight excluding hydrogens is 242 g/mol. The van der Waals surface area contributed by atoms with Crippen molar-refractivity contribution in [3.63, 3.8) is 0 Å². The van der Waals surface area contributed by atoms with Crippen molar-refractivity contribution in [2.24, 2.45) is 11.8 Å². The first-order valence-corrected chi connectivity index (χ1v) is 6.35. The summed E-state index contributed by atoms with van der Waals surface area (Å²) in [7, 11) is 0. The van der Waals surface area contributed by atoms with Gasteiger partial charge in [-0.3, -0.25) is 4.79 Å². The maximum atomic E-state index is 11.2. The first kappa shape index (κ1) is 11.9. The second kappa shape index (κ2) is 4.50. The van der Waals surface area contributed by atoms with Crippen molar-refractivity contribution in [3.05, 3.63) is 30.5 Å². The average molecular weight is 257 g/mol. The van der Waals surface area contributed by atoms with Gasteiger partial charge in [-0.25, -0.2) is 0 Å². The summed E-state index contributed by atoms with van der Waals surface area (Å²) < 4.78 is 0. The summed E-state index contributed by atoms with van der Waals surface area (Å²) in [5.74, 6) is -0.157. The molecule has 0 bridgehead atoms. The Hall–Kier alpha value is -2.17. The average Bonchev–Trinajstić information content (AvgIpc) is 2.80. The van der Waals surface area contributed by atoms with Gasteiger partial charge < -0.3 is 10.0 Å². The predicted octanol–water partition coefficient (Wildman–Crippen LogP) is 1.79. The van der Waals surface area contributed by atoms with E-state index in [2.05, 4.69) is 10.2 Å². The molecule has 0 radical (unpaired) electrons. The zero-order valence-electron chi connectivity index (χ0n) is 10.7. The lowest BCUT2D eigenvalue weighted by molar-refractivity contribution is -0.142. The van der Waals surface area contributed by atoms with Crippen LogP contribution in [0.5, 0.6) is 0 Å². The third kappa shape index (κ3) is 2.01. The van der Waals surface area contributed by atoms with E-state index in [9.17, 15) is 9.90 Å². The largest absolute Gasteiger partial charge is 0.481 e. The molecular formula is C14H15N3O2. The molecule has 19 heavy (non-hydrogen) atoms. The van der Waals surface area contributed by atoms with Crippen LogP contribution in [-0.2, 0) is 4.79 Å². The summed E-state index contributed by atoms with van der Waals surface area (Å²) in [5, 5.41) is 19.5. The molecule has 1 aromatic carbocycles. The van der Waals surface area contributed by atoms with Crippen LogP contribution in [0.1, 0.15) is 6.92 Å².